The Morgan fingerprint density at radius 3 is 2.68 bits per heavy atom. The Morgan fingerprint density at radius 1 is 1.28 bits per heavy atom. The Kier molecular flexibility index (Phi) is 5.52. The molecule has 0 spiro atoms. The maximum atomic E-state index is 13.3. The molecule has 1 N–H and O–H groups in total. The summed E-state index contributed by atoms with van der Waals surface area (Å²) in [6, 6.07) is 9.21. The van der Waals surface area contributed by atoms with Gasteiger partial charge in [0.2, 0.25) is 5.82 Å². The first-order chi connectivity index (χ1) is 12.1. The van der Waals surface area contributed by atoms with E-state index in [1.807, 2.05) is 0 Å². The Morgan fingerprint density at radius 2 is 2.00 bits per heavy atom. The van der Waals surface area contributed by atoms with Crippen LogP contribution in [0.3, 0.4) is 0 Å². The second kappa shape index (κ2) is 8.00. The SMILES string of the molecule is O=[N+]([O-])c1cccnc1NC[C@@H](c1ccc(F)cc1)N1CCOCC1. The molecule has 0 amide bonds. The summed E-state index contributed by atoms with van der Waals surface area (Å²) in [4.78, 5) is 17.0. The topological polar surface area (TPSA) is 80.5 Å². The lowest BCUT2D eigenvalue weighted by atomic mass is 10.0. The van der Waals surface area contributed by atoms with E-state index in [-0.39, 0.29) is 23.4 Å². The van der Waals surface area contributed by atoms with Gasteiger partial charge in [-0.3, -0.25) is 15.0 Å². The monoisotopic (exact) mass is 346 g/mol. The van der Waals surface area contributed by atoms with E-state index < -0.39 is 4.92 Å². The van der Waals surface area contributed by atoms with E-state index in [2.05, 4.69) is 15.2 Å². The smallest absolute Gasteiger partial charge is 0.311 e. The highest BCUT2D eigenvalue weighted by molar-refractivity contribution is 5.55. The Hall–Kier alpha value is -2.58. The lowest BCUT2D eigenvalue weighted by molar-refractivity contribution is -0.384. The van der Waals surface area contributed by atoms with Crippen LogP contribution in [0.4, 0.5) is 15.9 Å². The van der Waals surface area contributed by atoms with Gasteiger partial charge < -0.3 is 10.1 Å². The highest BCUT2D eigenvalue weighted by Crippen LogP contribution is 2.25. The molecule has 0 aliphatic carbocycles. The first-order valence-electron chi connectivity index (χ1n) is 8.05. The van der Waals surface area contributed by atoms with Crippen LogP contribution in [0.15, 0.2) is 42.6 Å². The van der Waals surface area contributed by atoms with Gasteiger partial charge in [0.25, 0.3) is 0 Å². The molecule has 1 aliphatic rings. The highest BCUT2D eigenvalue weighted by atomic mass is 19.1. The summed E-state index contributed by atoms with van der Waals surface area (Å²) in [6.07, 6.45) is 1.51. The molecule has 8 heteroatoms. The number of anilines is 1. The Labute approximate surface area is 144 Å². The normalized spacial score (nSPS) is 16.4. The number of hydrogen-bond acceptors (Lipinski definition) is 6. The van der Waals surface area contributed by atoms with E-state index in [0.717, 1.165) is 18.7 Å². The molecule has 1 aromatic heterocycles. The van der Waals surface area contributed by atoms with Crippen molar-refractivity contribution in [2.24, 2.45) is 0 Å². The standard InChI is InChI=1S/C17H19FN4O3/c18-14-5-3-13(4-6-14)16(21-8-10-25-11-9-21)12-20-17-15(22(23)24)2-1-7-19-17/h1-7,16H,8-12H2,(H,19,20)/t16-/m0/s1. The van der Waals surface area contributed by atoms with E-state index >= 15 is 0 Å². The zero-order valence-electron chi connectivity index (χ0n) is 13.6. The average molecular weight is 346 g/mol. The summed E-state index contributed by atoms with van der Waals surface area (Å²) in [5.74, 6) is -0.0642. The molecular weight excluding hydrogens is 327 g/mol. The van der Waals surface area contributed by atoms with Crippen LogP contribution in [-0.2, 0) is 4.74 Å². The van der Waals surface area contributed by atoms with Crippen molar-refractivity contribution in [1.29, 1.82) is 0 Å². The van der Waals surface area contributed by atoms with Gasteiger partial charge in [-0.2, -0.15) is 0 Å². The molecule has 0 radical (unpaired) electrons. The molecule has 2 aromatic rings. The van der Waals surface area contributed by atoms with Gasteiger partial charge in [-0.1, -0.05) is 12.1 Å². The zero-order chi connectivity index (χ0) is 17.6. The molecule has 1 aromatic carbocycles. The first kappa shape index (κ1) is 17.2. The summed E-state index contributed by atoms with van der Waals surface area (Å²) < 4.78 is 18.6. The van der Waals surface area contributed by atoms with Gasteiger partial charge in [0.05, 0.1) is 24.2 Å². The van der Waals surface area contributed by atoms with Crippen molar-refractivity contribution < 1.29 is 14.1 Å². The van der Waals surface area contributed by atoms with Crippen LogP contribution in [0.1, 0.15) is 11.6 Å². The zero-order valence-corrected chi connectivity index (χ0v) is 13.6. The molecule has 132 valence electrons. The number of ether oxygens (including phenoxy) is 1. The highest BCUT2D eigenvalue weighted by Gasteiger charge is 2.24. The van der Waals surface area contributed by atoms with Crippen molar-refractivity contribution in [3.05, 3.63) is 64.1 Å². The molecule has 1 aliphatic heterocycles. The largest absolute Gasteiger partial charge is 0.379 e. The molecule has 0 bridgehead atoms. The third kappa shape index (κ3) is 4.28. The fourth-order valence-corrected chi connectivity index (χ4v) is 2.91. The van der Waals surface area contributed by atoms with Gasteiger partial charge in [-0.25, -0.2) is 9.37 Å². The Balaban J connectivity index is 1.80. The molecule has 0 unspecified atom stereocenters. The fourth-order valence-electron chi connectivity index (χ4n) is 2.91. The second-order valence-corrected chi connectivity index (χ2v) is 5.72. The average Bonchev–Trinajstić information content (AvgIpc) is 2.64. The molecule has 25 heavy (non-hydrogen) atoms. The number of morpholine rings is 1. The van der Waals surface area contributed by atoms with E-state index in [9.17, 15) is 14.5 Å². The Bertz CT molecular complexity index is 720. The molecule has 1 fully saturated rings. The van der Waals surface area contributed by atoms with E-state index in [1.165, 1.54) is 30.5 Å². The van der Waals surface area contributed by atoms with Crippen LogP contribution >= 0.6 is 0 Å². The fraction of sp³-hybridized carbons (Fsp3) is 0.353. The number of nitrogens with one attached hydrogen (secondary N) is 1. The number of halogens is 1. The van der Waals surface area contributed by atoms with Crippen molar-refractivity contribution in [2.75, 3.05) is 38.2 Å². The van der Waals surface area contributed by atoms with E-state index in [4.69, 9.17) is 4.74 Å². The molecule has 3 rings (SSSR count). The van der Waals surface area contributed by atoms with Gasteiger partial charge in [0, 0.05) is 31.9 Å². The third-order valence-corrected chi connectivity index (χ3v) is 4.19. The number of aromatic nitrogens is 1. The van der Waals surface area contributed by atoms with Gasteiger partial charge in [0.15, 0.2) is 0 Å². The molecule has 1 atom stereocenters. The third-order valence-electron chi connectivity index (χ3n) is 4.19. The lowest BCUT2D eigenvalue weighted by Gasteiger charge is -2.35. The van der Waals surface area contributed by atoms with Crippen LogP contribution in [0.2, 0.25) is 0 Å². The summed E-state index contributed by atoms with van der Waals surface area (Å²) in [6.45, 7) is 3.16. The van der Waals surface area contributed by atoms with E-state index in [1.54, 1.807) is 12.1 Å². The quantitative estimate of drug-likeness (QED) is 0.640. The van der Waals surface area contributed by atoms with Crippen LogP contribution in [0.5, 0.6) is 0 Å². The number of nitrogens with zero attached hydrogens (tertiary/aromatic N) is 3. The second-order valence-electron chi connectivity index (χ2n) is 5.72. The van der Waals surface area contributed by atoms with Crippen LogP contribution in [0, 0.1) is 15.9 Å². The number of pyridine rings is 1. The first-order valence-corrected chi connectivity index (χ1v) is 8.05. The van der Waals surface area contributed by atoms with Crippen molar-refractivity contribution in [3.8, 4) is 0 Å². The van der Waals surface area contributed by atoms with Gasteiger partial charge in [-0.05, 0) is 23.8 Å². The predicted molar refractivity (Wildman–Crippen MR) is 90.9 cm³/mol. The van der Waals surface area contributed by atoms with Crippen molar-refractivity contribution in [1.82, 2.24) is 9.88 Å². The summed E-state index contributed by atoms with van der Waals surface area (Å²) in [5.41, 5.74) is 0.872. The minimum atomic E-state index is -0.461. The number of nitro groups is 1. The summed E-state index contributed by atoms with van der Waals surface area (Å²) >= 11 is 0. The number of rotatable bonds is 6. The van der Waals surface area contributed by atoms with Crippen molar-refractivity contribution in [2.45, 2.75) is 6.04 Å². The number of hydrogen-bond donors (Lipinski definition) is 1. The van der Waals surface area contributed by atoms with Gasteiger partial charge in [0.1, 0.15) is 5.82 Å². The van der Waals surface area contributed by atoms with Crippen LogP contribution in [0.25, 0.3) is 0 Å². The maximum absolute atomic E-state index is 13.3. The molecule has 7 nitrogen and oxygen atoms in total. The molecule has 2 heterocycles. The maximum Gasteiger partial charge on any atom is 0.311 e. The molecule has 0 saturated carbocycles. The predicted octanol–water partition coefficient (Wildman–Crippen LogP) is 2.61. The van der Waals surface area contributed by atoms with Crippen LogP contribution < -0.4 is 5.32 Å². The lowest BCUT2D eigenvalue weighted by Crippen LogP contribution is -2.41. The van der Waals surface area contributed by atoms with Gasteiger partial charge >= 0.3 is 5.69 Å². The van der Waals surface area contributed by atoms with Crippen molar-refractivity contribution in [3.63, 3.8) is 0 Å². The van der Waals surface area contributed by atoms with Crippen LogP contribution in [-0.4, -0.2) is 47.7 Å². The van der Waals surface area contributed by atoms with Crippen molar-refractivity contribution >= 4 is 11.5 Å². The summed E-state index contributed by atoms with van der Waals surface area (Å²) in [7, 11) is 0. The minimum absolute atomic E-state index is 0.0638. The number of benzene rings is 1. The molecule has 1 saturated heterocycles. The summed E-state index contributed by atoms with van der Waals surface area (Å²) in [5, 5.41) is 14.2. The van der Waals surface area contributed by atoms with E-state index in [0.29, 0.717) is 19.8 Å². The molecular formula is C17H19FN4O3. The van der Waals surface area contributed by atoms with Gasteiger partial charge in [-0.15, -0.1) is 0 Å². The minimum Gasteiger partial charge on any atom is -0.379 e.